The number of hydrogen-bond donors (Lipinski definition) is 1. The predicted octanol–water partition coefficient (Wildman–Crippen LogP) is 4.16. The molecule has 0 unspecified atom stereocenters. The summed E-state index contributed by atoms with van der Waals surface area (Å²) in [6.07, 6.45) is 3.48. The third-order valence-electron chi connectivity index (χ3n) is 3.07. The van der Waals surface area contributed by atoms with E-state index in [-0.39, 0.29) is 0 Å². The summed E-state index contributed by atoms with van der Waals surface area (Å²) in [6.45, 7) is 8.88. The van der Waals surface area contributed by atoms with Gasteiger partial charge in [0.2, 0.25) is 0 Å². The highest BCUT2D eigenvalue weighted by atomic mass is 14.9. The maximum atomic E-state index is 3.67. The molecule has 0 fully saturated rings. The molecule has 0 saturated carbocycles. The van der Waals surface area contributed by atoms with Crippen LogP contribution >= 0.6 is 0 Å². The molecule has 0 aliphatic heterocycles. The normalized spacial score (nSPS) is 10.7. The highest BCUT2D eigenvalue weighted by molar-refractivity contribution is 5.57. The number of benzene rings is 1. The maximum absolute atomic E-state index is 3.67. The summed E-state index contributed by atoms with van der Waals surface area (Å²) in [5.41, 5.74) is 4.15. The van der Waals surface area contributed by atoms with Crippen LogP contribution in [0, 0.1) is 6.92 Å². The minimum absolute atomic E-state index is 0.608. The Bertz CT molecular complexity index is 300. The zero-order valence-electron chi connectivity index (χ0n) is 10.4. The Kier molecular flexibility index (Phi) is 4.67. The van der Waals surface area contributed by atoms with E-state index in [1.807, 2.05) is 0 Å². The summed E-state index contributed by atoms with van der Waals surface area (Å²) in [4.78, 5) is 0. The van der Waals surface area contributed by atoms with Crippen LogP contribution < -0.4 is 5.32 Å². The van der Waals surface area contributed by atoms with E-state index in [0.29, 0.717) is 6.04 Å². The highest BCUT2D eigenvalue weighted by Gasteiger charge is 2.08. The first-order chi connectivity index (χ1) is 7.22. The summed E-state index contributed by atoms with van der Waals surface area (Å²) in [5.74, 6) is 0. The summed E-state index contributed by atoms with van der Waals surface area (Å²) >= 11 is 0. The second-order valence-electron chi connectivity index (χ2n) is 4.12. The molecule has 0 radical (unpaired) electrons. The van der Waals surface area contributed by atoms with Gasteiger partial charge in [-0.2, -0.15) is 0 Å². The van der Waals surface area contributed by atoms with E-state index in [0.717, 1.165) is 6.42 Å². The zero-order chi connectivity index (χ0) is 11.3. The molecule has 0 aliphatic carbocycles. The van der Waals surface area contributed by atoms with Gasteiger partial charge in [0.1, 0.15) is 0 Å². The van der Waals surface area contributed by atoms with Gasteiger partial charge in [0.25, 0.3) is 0 Å². The number of hydrogen-bond acceptors (Lipinski definition) is 1. The number of aryl methyl sites for hydroxylation is 2. The van der Waals surface area contributed by atoms with Crippen molar-refractivity contribution in [2.24, 2.45) is 0 Å². The van der Waals surface area contributed by atoms with Crippen LogP contribution in [0.3, 0.4) is 0 Å². The summed E-state index contributed by atoms with van der Waals surface area (Å²) < 4.78 is 0. The Hall–Kier alpha value is -0.980. The van der Waals surface area contributed by atoms with Crippen LogP contribution in [0.15, 0.2) is 18.2 Å². The molecular formula is C14H23N. The van der Waals surface area contributed by atoms with Gasteiger partial charge in [-0.05, 0) is 37.3 Å². The van der Waals surface area contributed by atoms with Crippen LogP contribution in [0.2, 0.25) is 0 Å². The smallest absolute Gasteiger partial charge is 0.0404 e. The monoisotopic (exact) mass is 205 g/mol. The average Bonchev–Trinajstić information content (AvgIpc) is 2.27. The first-order valence-corrected chi connectivity index (χ1v) is 6.07. The fourth-order valence-corrected chi connectivity index (χ4v) is 1.93. The van der Waals surface area contributed by atoms with Gasteiger partial charge in [0, 0.05) is 11.7 Å². The van der Waals surface area contributed by atoms with Gasteiger partial charge in [-0.15, -0.1) is 0 Å². The third kappa shape index (κ3) is 2.98. The minimum atomic E-state index is 0.608. The molecule has 1 nitrogen and oxygen atoms in total. The van der Waals surface area contributed by atoms with Gasteiger partial charge in [-0.25, -0.2) is 0 Å². The summed E-state index contributed by atoms with van der Waals surface area (Å²) in [5, 5.41) is 3.67. The second-order valence-corrected chi connectivity index (χ2v) is 4.12. The van der Waals surface area contributed by atoms with Crippen molar-refractivity contribution < 1.29 is 0 Å². The Morgan fingerprint density at radius 2 is 1.80 bits per heavy atom. The molecule has 1 N–H and O–H groups in total. The molecule has 0 saturated heterocycles. The van der Waals surface area contributed by atoms with Gasteiger partial charge in [-0.1, -0.05) is 39.0 Å². The van der Waals surface area contributed by atoms with Gasteiger partial charge in [-0.3, -0.25) is 0 Å². The van der Waals surface area contributed by atoms with Crippen molar-refractivity contribution in [1.29, 1.82) is 0 Å². The quantitative estimate of drug-likeness (QED) is 0.761. The summed E-state index contributed by atoms with van der Waals surface area (Å²) in [6, 6.07) is 7.16. The van der Waals surface area contributed by atoms with Gasteiger partial charge >= 0.3 is 0 Å². The van der Waals surface area contributed by atoms with E-state index >= 15 is 0 Å². The van der Waals surface area contributed by atoms with Gasteiger partial charge < -0.3 is 5.32 Å². The van der Waals surface area contributed by atoms with E-state index < -0.39 is 0 Å². The fourth-order valence-electron chi connectivity index (χ4n) is 1.93. The molecular weight excluding hydrogens is 182 g/mol. The number of para-hydroxylation sites is 1. The molecule has 1 heteroatoms. The first-order valence-electron chi connectivity index (χ1n) is 6.07. The zero-order valence-corrected chi connectivity index (χ0v) is 10.4. The largest absolute Gasteiger partial charge is 0.382 e. The SMILES string of the molecule is CCc1cccc(C)c1NC(CC)CC. The Labute approximate surface area is 93.9 Å². The lowest BCUT2D eigenvalue weighted by Crippen LogP contribution is -2.18. The molecule has 15 heavy (non-hydrogen) atoms. The van der Waals surface area contributed by atoms with E-state index in [2.05, 4.69) is 51.2 Å². The standard InChI is InChI=1S/C14H23N/c1-5-12-10-8-9-11(4)14(12)15-13(6-2)7-3/h8-10,13,15H,5-7H2,1-4H3. The fraction of sp³-hybridized carbons (Fsp3) is 0.571. The minimum Gasteiger partial charge on any atom is -0.382 e. The molecule has 0 aromatic heterocycles. The molecule has 84 valence electrons. The molecule has 0 aliphatic rings. The van der Waals surface area contributed by atoms with Crippen LogP contribution in [0.1, 0.15) is 44.7 Å². The molecule has 0 atom stereocenters. The van der Waals surface area contributed by atoms with Crippen LogP contribution in [0.25, 0.3) is 0 Å². The number of nitrogens with one attached hydrogen (secondary N) is 1. The lowest BCUT2D eigenvalue weighted by atomic mass is 10.0. The number of anilines is 1. The predicted molar refractivity (Wildman–Crippen MR) is 68.5 cm³/mol. The molecule has 1 aromatic carbocycles. The van der Waals surface area contributed by atoms with E-state index in [1.54, 1.807) is 0 Å². The van der Waals surface area contributed by atoms with Crippen LogP contribution in [-0.2, 0) is 6.42 Å². The highest BCUT2D eigenvalue weighted by Crippen LogP contribution is 2.22. The van der Waals surface area contributed by atoms with Crippen LogP contribution in [0.4, 0.5) is 5.69 Å². The molecule has 1 aromatic rings. The van der Waals surface area contributed by atoms with Crippen molar-refractivity contribution in [3.63, 3.8) is 0 Å². The topological polar surface area (TPSA) is 12.0 Å². The van der Waals surface area contributed by atoms with Crippen LogP contribution in [-0.4, -0.2) is 6.04 Å². The average molecular weight is 205 g/mol. The second kappa shape index (κ2) is 5.79. The van der Waals surface area contributed by atoms with E-state index in [4.69, 9.17) is 0 Å². The maximum Gasteiger partial charge on any atom is 0.0404 e. The molecule has 1 rings (SSSR count). The Balaban J connectivity index is 2.91. The van der Waals surface area contributed by atoms with Gasteiger partial charge in [0.05, 0.1) is 0 Å². The van der Waals surface area contributed by atoms with Crippen molar-refractivity contribution in [3.05, 3.63) is 29.3 Å². The van der Waals surface area contributed by atoms with Gasteiger partial charge in [0.15, 0.2) is 0 Å². The molecule has 0 heterocycles. The van der Waals surface area contributed by atoms with Crippen molar-refractivity contribution in [1.82, 2.24) is 0 Å². The molecule has 0 spiro atoms. The summed E-state index contributed by atoms with van der Waals surface area (Å²) in [7, 11) is 0. The van der Waals surface area contributed by atoms with E-state index in [1.165, 1.54) is 29.7 Å². The Morgan fingerprint density at radius 1 is 1.13 bits per heavy atom. The van der Waals surface area contributed by atoms with Crippen LogP contribution in [0.5, 0.6) is 0 Å². The lowest BCUT2D eigenvalue weighted by molar-refractivity contribution is 0.670. The van der Waals surface area contributed by atoms with Crippen molar-refractivity contribution in [2.75, 3.05) is 5.32 Å². The third-order valence-corrected chi connectivity index (χ3v) is 3.07. The number of rotatable bonds is 5. The molecule has 0 amide bonds. The lowest BCUT2D eigenvalue weighted by Gasteiger charge is -2.20. The Morgan fingerprint density at radius 3 is 2.33 bits per heavy atom. The first kappa shape index (κ1) is 12.1. The van der Waals surface area contributed by atoms with Crippen molar-refractivity contribution in [2.45, 2.75) is 53.0 Å². The molecule has 0 bridgehead atoms. The van der Waals surface area contributed by atoms with Crippen molar-refractivity contribution >= 4 is 5.69 Å². The van der Waals surface area contributed by atoms with Crippen molar-refractivity contribution in [3.8, 4) is 0 Å². The van der Waals surface area contributed by atoms with E-state index in [9.17, 15) is 0 Å².